The lowest BCUT2D eigenvalue weighted by Crippen LogP contribution is -2.55. The van der Waals surface area contributed by atoms with Gasteiger partial charge in [-0.05, 0) is 61.7 Å². The third-order valence-electron chi connectivity index (χ3n) is 6.35. The van der Waals surface area contributed by atoms with Crippen LogP contribution in [0.25, 0.3) is 0 Å². The molecule has 4 rings (SSSR count). The molecule has 9 heteroatoms. The maximum Gasteiger partial charge on any atom is 0.243 e. The molecule has 0 aliphatic carbocycles. The number of hydrogen-bond donors (Lipinski definition) is 1. The summed E-state index contributed by atoms with van der Waals surface area (Å²) in [6, 6.07) is 13.1. The van der Waals surface area contributed by atoms with Crippen LogP contribution >= 0.6 is 0 Å². The number of benzene rings is 2. The Morgan fingerprint density at radius 1 is 1.15 bits per heavy atom. The van der Waals surface area contributed by atoms with E-state index in [0.29, 0.717) is 38.2 Å². The second-order valence-corrected chi connectivity index (χ2v) is 10.9. The zero-order valence-electron chi connectivity index (χ0n) is 19.2. The van der Waals surface area contributed by atoms with Gasteiger partial charge >= 0.3 is 0 Å². The van der Waals surface area contributed by atoms with Crippen molar-refractivity contribution in [2.45, 2.75) is 37.6 Å². The minimum Gasteiger partial charge on any atom is -0.365 e. The number of amides is 2. The highest BCUT2D eigenvalue weighted by Crippen LogP contribution is 2.27. The number of aryl methyl sites for hydroxylation is 2. The van der Waals surface area contributed by atoms with Gasteiger partial charge in [-0.2, -0.15) is 4.31 Å². The summed E-state index contributed by atoms with van der Waals surface area (Å²) < 4.78 is 27.3. The second-order valence-electron chi connectivity index (χ2n) is 8.85. The van der Waals surface area contributed by atoms with Gasteiger partial charge in [-0.25, -0.2) is 8.42 Å². The highest BCUT2D eigenvalue weighted by molar-refractivity contribution is 7.89. The molecule has 0 unspecified atom stereocenters. The van der Waals surface area contributed by atoms with Gasteiger partial charge in [0.25, 0.3) is 0 Å². The number of carbonyl (C=O) groups excluding carboxylic acids is 2. The summed E-state index contributed by atoms with van der Waals surface area (Å²) in [6.07, 6.45) is 0.827. The summed E-state index contributed by atoms with van der Waals surface area (Å²) in [4.78, 5) is 28.6. The zero-order chi connectivity index (χ0) is 23.8. The number of nitrogens with zero attached hydrogens (tertiary/aromatic N) is 3. The monoisotopic (exact) mass is 470 g/mol. The van der Waals surface area contributed by atoms with E-state index in [2.05, 4.69) is 42.3 Å². The standard InChI is InChI=1S/C24H30N4O4S/c1-17-5-4-6-20(13-17)28-12-11-27(15-18(28)2)24(30)16-26(3)33(31,32)21-8-9-22-19(14-21)7-10-23(29)25-22/h4-6,8-9,13-14,18H,7,10-12,15-16H2,1-3H3,(H,25,29)/t18-/m0/s1. The number of anilines is 2. The van der Waals surface area contributed by atoms with Gasteiger partial charge < -0.3 is 15.1 Å². The molecule has 2 aliphatic rings. The molecule has 1 fully saturated rings. The van der Waals surface area contributed by atoms with E-state index >= 15 is 0 Å². The van der Waals surface area contributed by atoms with Crippen molar-refractivity contribution >= 4 is 33.2 Å². The number of carbonyl (C=O) groups is 2. The molecule has 0 radical (unpaired) electrons. The van der Waals surface area contributed by atoms with Crippen molar-refractivity contribution in [3.8, 4) is 0 Å². The molecule has 0 aromatic heterocycles. The van der Waals surface area contributed by atoms with Gasteiger partial charge in [0, 0.05) is 50.5 Å². The Morgan fingerprint density at radius 3 is 2.67 bits per heavy atom. The van der Waals surface area contributed by atoms with Crippen LogP contribution in [0.1, 0.15) is 24.5 Å². The van der Waals surface area contributed by atoms with Crippen LogP contribution < -0.4 is 10.2 Å². The summed E-state index contributed by atoms with van der Waals surface area (Å²) in [5.74, 6) is -0.278. The SMILES string of the molecule is Cc1cccc(N2CCN(C(=O)CN(C)S(=O)(=O)c3ccc4c(c3)CCC(=O)N4)C[C@@H]2C)c1. The van der Waals surface area contributed by atoms with E-state index in [1.165, 1.54) is 18.7 Å². The molecule has 176 valence electrons. The average molecular weight is 471 g/mol. The quantitative estimate of drug-likeness (QED) is 0.724. The predicted molar refractivity (Wildman–Crippen MR) is 128 cm³/mol. The predicted octanol–water partition coefficient (Wildman–Crippen LogP) is 2.24. The molecule has 2 amide bonds. The molecule has 0 bridgehead atoms. The number of sulfonamides is 1. The molecule has 2 heterocycles. The van der Waals surface area contributed by atoms with Crippen molar-refractivity contribution in [2.75, 3.05) is 43.4 Å². The Labute approximate surface area is 195 Å². The Balaban J connectivity index is 1.41. The minimum absolute atomic E-state index is 0.0717. The fraction of sp³-hybridized carbons (Fsp3) is 0.417. The molecular weight excluding hydrogens is 440 g/mol. The van der Waals surface area contributed by atoms with Crippen molar-refractivity contribution < 1.29 is 18.0 Å². The lowest BCUT2D eigenvalue weighted by molar-refractivity contribution is -0.132. The largest absolute Gasteiger partial charge is 0.365 e. The average Bonchev–Trinajstić information content (AvgIpc) is 2.78. The molecule has 0 spiro atoms. The Hall–Kier alpha value is -2.91. The van der Waals surface area contributed by atoms with Gasteiger partial charge in [0.15, 0.2) is 0 Å². The summed E-state index contributed by atoms with van der Waals surface area (Å²) in [5.41, 5.74) is 3.76. The molecule has 2 aromatic rings. The molecular formula is C24H30N4O4S. The van der Waals surface area contributed by atoms with E-state index < -0.39 is 10.0 Å². The first-order valence-electron chi connectivity index (χ1n) is 11.2. The molecule has 2 aliphatic heterocycles. The second kappa shape index (κ2) is 9.15. The van der Waals surface area contributed by atoms with Crippen LogP contribution in [0.15, 0.2) is 47.4 Å². The third kappa shape index (κ3) is 4.89. The summed E-state index contributed by atoms with van der Waals surface area (Å²) in [5, 5.41) is 2.75. The molecule has 0 saturated carbocycles. The number of rotatable bonds is 5. The Morgan fingerprint density at radius 2 is 1.94 bits per heavy atom. The first-order chi connectivity index (χ1) is 15.6. The van der Waals surface area contributed by atoms with Crippen molar-refractivity contribution in [1.29, 1.82) is 0 Å². The van der Waals surface area contributed by atoms with Crippen molar-refractivity contribution in [2.24, 2.45) is 0 Å². The highest BCUT2D eigenvalue weighted by Gasteiger charge is 2.30. The van der Waals surface area contributed by atoms with Crippen molar-refractivity contribution in [1.82, 2.24) is 9.21 Å². The molecule has 33 heavy (non-hydrogen) atoms. The minimum atomic E-state index is -3.83. The van der Waals surface area contributed by atoms with E-state index in [0.717, 1.165) is 15.6 Å². The van der Waals surface area contributed by atoms with E-state index in [-0.39, 0.29) is 29.3 Å². The lowest BCUT2D eigenvalue weighted by atomic mass is 10.0. The van der Waals surface area contributed by atoms with Crippen molar-refractivity contribution in [3.05, 3.63) is 53.6 Å². The molecule has 1 atom stereocenters. The number of piperazine rings is 1. The zero-order valence-corrected chi connectivity index (χ0v) is 20.1. The van der Waals surface area contributed by atoms with Gasteiger partial charge in [0.05, 0.1) is 11.4 Å². The first-order valence-corrected chi connectivity index (χ1v) is 12.6. The smallest absolute Gasteiger partial charge is 0.243 e. The van der Waals surface area contributed by atoms with Crippen LogP contribution in [-0.4, -0.2) is 68.7 Å². The van der Waals surface area contributed by atoms with Crippen LogP contribution in [0.3, 0.4) is 0 Å². The van der Waals surface area contributed by atoms with Gasteiger partial charge in [-0.1, -0.05) is 12.1 Å². The van der Waals surface area contributed by atoms with Gasteiger partial charge in [-0.3, -0.25) is 9.59 Å². The Bertz CT molecular complexity index is 1180. The molecule has 1 N–H and O–H groups in total. The Kier molecular flexibility index (Phi) is 6.45. The molecule has 8 nitrogen and oxygen atoms in total. The van der Waals surface area contributed by atoms with Gasteiger partial charge in [0.2, 0.25) is 21.8 Å². The van der Waals surface area contributed by atoms with Crippen LogP contribution in [0.5, 0.6) is 0 Å². The van der Waals surface area contributed by atoms with Crippen LogP contribution in [0.2, 0.25) is 0 Å². The van der Waals surface area contributed by atoms with Crippen LogP contribution in [0, 0.1) is 6.92 Å². The number of likely N-dealkylation sites (N-methyl/N-ethyl adjacent to an activating group) is 1. The molecule has 1 saturated heterocycles. The highest BCUT2D eigenvalue weighted by atomic mass is 32.2. The van der Waals surface area contributed by atoms with E-state index in [1.807, 2.05) is 6.07 Å². The maximum atomic E-state index is 13.1. The van der Waals surface area contributed by atoms with Gasteiger partial charge in [-0.15, -0.1) is 0 Å². The van der Waals surface area contributed by atoms with E-state index in [1.54, 1.807) is 17.0 Å². The van der Waals surface area contributed by atoms with Crippen LogP contribution in [0.4, 0.5) is 11.4 Å². The summed E-state index contributed by atoms with van der Waals surface area (Å²) in [6.45, 7) is 5.70. The van der Waals surface area contributed by atoms with Crippen LogP contribution in [-0.2, 0) is 26.0 Å². The fourth-order valence-corrected chi connectivity index (χ4v) is 5.62. The maximum absolute atomic E-state index is 13.1. The fourth-order valence-electron chi connectivity index (χ4n) is 4.45. The van der Waals surface area contributed by atoms with E-state index in [9.17, 15) is 18.0 Å². The van der Waals surface area contributed by atoms with Gasteiger partial charge in [0.1, 0.15) is 0 Å². The lowest BCUT2D eigenvalue weighted by Gasteiger charge is -2.41. The summed E-state index contributed by atoms with van der Waals surface area (Å²) in [7, 11) is -2.40. The normalized spacial score (nSPS) is 18.8. The third-order valence-corrected chi connectivity index (χ3v) is 8.15. The first kappa shape index (κ1) is 23.3. The molecule has 2 aromatic carbocycles. The van der Waals surface area contributed by atoms with Crippen molar-refractivity contribution in [3.63, 3.8) is 0 Å². The topological polar surface area (TPSA) is 90.0 Å². The number of nitrogens with one attached hydrogen (secondary N) is 1. The number of hydrogen-bond acceptors (Lipinski definition) is 5. The number of fused-ring (bicyclic) bond motifs is 1. The van der Waals surface area contributed by atoms with E-state index in [4.69, 9.17) is 0 Å². The summed E-state index contributed by atoms with van der Waals surface area (Å²) >= 11 is 0.